The standard InChI is InChI=1S/C17H26N2O/c1-2-3-4-10-19-11-8-17(9-12-19)13-18-16-14(17)6-5-7-15(16)20/h5-7,18,20H,2-4,8-13H2,1H3. The molecule has 1 aromatic rings. The van der Waals surface area contributed by atoms with Crippen LogP contribution in [-0.2, 0) is 5.41 Å². The molecule has 0 saturated carbocycles. The van der Waals surface area contributed by atoms with Gasteiger partial charge in [0, 0.05) is 12.0 Å². The molecule has 3 heteroatoms. The number of benzene rings is 1. The average Bonchev–Trinajstić information content (AvgIpc) is 2.82. The van der Waals surface area contributed by atoms with Crippen LogP contribution in [0.4, 0.5) is 5.69 Å². The normalized spacial score (nSPS) is 20.9. The van der Waals surface area contributed by atoms with Gasteiger partial charge in [-0.15, -0.1) is 0 Å². The van der Waals surface area contributed by atoms with Gasteiger partial charge < -0.3 is 15.3 Å². The minimum Gasteiger partial charge on any atom is -0.506 e. The highest BCUT2D eigenvalue weighted by atomic mass is 16.3. The Kier molecular flexibility index (Phi) is 3.88. The number of hydrogen-bond acceptors (Lipinski definition) is 3. The highest BCUT2D eigenvalue weighted by Gasteiger charge is 2.41. The molecule has 0 bridgehead atoms. The number of anilines is 1. The second-order valence-corrected chi connectivity index (χ2v) is 6.38. The van der Waals surface area contributed by atoms with Crippen LogP contribution in [0, 0.1) is 0 Å². The van der Waals surface area contributed by atoms with Crippen LogP contribution in [0.5, 0.6) is 5.75 Å². The fourth-order valence-corrected chi connectivity index (χ4v) is 3.76. The van der Waals surface area contributed by atoms with Crippen molar-refractivity contribution in [2.75, 3.05) is 31.5 Å². The lowest BCUT2D eigenvalue weighted by Gasteiger charge is -2.39. The Morgan fingerprint density at radius 3 is 2.80 bits per heavy atom. The molecule has 3 nitrogen and oxygen atoms in total. The summed E-state index contributed by atoms with van der Waals surface area (Å²) >= 11 is 0. The zero-order valence-corrected chi connectivity index (χ0v) is 12.5. The molecule has 1 aromatic carbocycles. The molecule has 2 heterocycles. The second kappa shape index (κ2) is 5.65. The summed E-state index contributed by atoms with van der Waals surface area (Å²) in [5.74, 6) is 0.407. The van der Waals surface area contributed by atoms with Crippen LogP contribution in [0.2, 0.25) is 0 Å². The number of phenols is 1. The number of phenolic OH excluding ortho intramolecular Hbond substituents is 1. The van der Waals surface area contributed by atoms with Crippen molar-refractivity contribution in [3.63, 3.8) is 0 Å². The third-order valence-electron chi connectivity index (χ3n) is 5.11. The van der Waals surface area contributed by atoms with Crippen LogP contribution in [0.15, 0.2) is 18.2 Å². The SMILES string of the molecule is CCCCCN1CCC2(CC1)CNc1c(O)cccc12. The topological polar surface area (TPSA) is 35.5 Å². The van der Waals surface area contributed by atoms with E-state index < -0.39 is 0 Å². The molecule has 110 valence electrons. The van der Waals surface area contributed by atoms with Gasteiger partial charge in [-0.3, -0.25) is 0 Å². The van der Waals surface area contributed by atoms with Gasteiger partial charge in [-0.2, -0.15) is 0 Å². The van der Waals surface area contributed by atoms with E-state index in [9.17, 15) is 5.11 Å². The van der Waals surface area contributed by atoms with Crippen LogP contribution < -0.4 is 5.32 Å². The van der Waals surface area contributed by atoms with Gasteiger partial charge in [0.15, 0.2) is 0 Å². The Balaban J connectivity index is 1.66. The van der Waals surface area contributed by atoms with Crippen molar-refractivity contribution < 1.29 is 5.11 Å². The summed E-state index contributed by atoms with van der Waals surface area (Å²) in [5, 5.41) is 13.4. The Labute approximate surface area is 122 Å². The molecular formula is C17H26N2O. The summed E-state index contributed by atoms with van der Waals surface area (Å²) in [6.07, 6.45) is 6.40. The van der Waals surface area contributed by atoms with Crippen molar-refractivity contribution >= 4 is 5.69 Å². The largest absolute Gasteiger partial charge is 0.506 e. The van der Waals surface area contributed by atoms with Gasteiger partial charge in [-0.1, -0.05) is 31.9 Å². The van der Waals surface area contributed by atoms with Gasteiger partial charge in [0.2, 0.25) is 0 Å². The Morgan fingerprint density at radius 1 is 1.25 bits per heavy atom. The zero-order chi connectivity index (χ0) is 14.0. The first-order valence-electron chi connectivity index (χ1n) is 8.04. The summed E-state index contributed by atoms with van der Waals surface area (Å²) in [6, 6.07) is 5.96. The predicted octanol–water partition coefficient (Wildman–Crippen LogP) is 3.34. The van der Waals surface area contributed by atoms with Crippen molar-refractivity contribution in [3.05, 3.63) is 23.8 Å². The molecule has 0 atom stereocenters. The summed E-state index contributed by atoms with van der Waals surface area (Å²) in [4.78, 5) is 2.61. The quantitative estimate of drug-likeness (QED) is 0.653. The lowest BCUT2D eigenvalue weighted by Crippen LogP contribution is -2.44. The molecular weight excluding hydrogens is 248 g/mol. The molecule has 0 amide bonds. The van der Waals surface area contributed by atoms with E-state index in [1.54, 1.807) is 6.07 Å². The Morgan fingerprint density at radius 2 is 2.05 bits per heavy atom. The summed E-state index contributed by atoms with van der Waals surface area (Å²) in [6.45, 7) is 6.90. The molecule has 0 aliphatic carbocycles. The third-order valence-corrected chi connectivity index (χ3v) is 5.11. The molecule has 0 radical (unpaired) electrons. The maximum absolute atomic E-state index is 9.97. The second-order valence-electron chi connectivity index (χ2n) is 6.38. The van der Waals surface area contributed by atoms with Crippen molar-refractivity contribution in [3.8, 4) is 5.75 Å². The van der Waals surface area contributed by atoms with Crippen molar-refractivity contribution in [1.82, 2.24) is 4.90 Å². The number of nitrogens with one attached hydrogen (secondary N) is 1. The van der Waals surface area contributed by atoms with Crippen molar-refractivity contribution in [2.24, 2.45) is 0 Å². The van der Waals surface area contributed by atoms with Gasteiger partial charge in [-0.25, -0.2) is 0 Å². The van der Waals surface area contributed by atoms with E-state index in [1.165, 1.54) is 57.3 Å². The fraction of sp³-hybridized carbons (Fsp3) is 0.647. The van der Waals surface area contributed by atoms with Crippen LogP contribution >= 0.6 is 0 Å². The van der Waals surface area contributed by atoms with Crippen LogP contribution in [0.25, 0.3) is 0 Å². The van der Waals surface area contributed by atoms with Crippen LogP contribution in [0.1, 0.15) is 44.6 Å². The van der Waals surface area contributed by atoms with E-state index in [4.69, 9.17) is 0 Å². The highest BCUT2D eigenvalue weighted by molar-refractivity contribution is 5.68. The number of nitrogens with zero attached hydrogens (tertiary/aromatic N) is 1. The van der Waals surface area contributed by atoms with Crippen LogP contribution in [-0.4, -0.2) is 36.2 Å². The van der Waals surface area contributed by atoms with E-state index in [1.807, 2.05) is 6.07 Å². The van der Waals surface area contributed by atoms with Gasteiger partial charge in [-0.05, 0) is 50.5 Å². The van der Waals surface area contributed by atoms with E-state index in [-0.39, 0.29) is 5.41 Å². The van der Waals surface area contributed by atoms with Gasteiger partial charge >= 0.3 is 0 Å². The molecule has 2 N–H and O–H groups in total. The first-order valence-corrected chi connectivity index (χ1v) is 8.04. The lowest BCUT2D eigenvalue weighted by molar-refractivity contribution is 0.166. The molecule has 2 aliphatic heterocycles. The van der Waals surface area contributed by atoms with E-state index >= 15 is 0 Å². The number of aromatic hydroxyl groups is 1. The van der Waals surface area contributed by atoms with Gasteiger partial charge in [0.1, 0.15) is 5.75 Å². The van der Waals surface area contributed by atoms with E-state index in [0.29, 0.717) is 5.75 Å². The lowest BCUT2D eigenvalue weighted by atomic mass is 9.74. The first-order chi connectivity index (χ1) is 9.75. The highest BCUT2D eigenvalue weighted by Crippen LogP contribution is 2.47. The maximum atomic E-state index is 9.97. The molecule has 1 fully saturated rings. The van der Waals surface area contributed by atoms with Crippen LogP contribution in [0.3, 0.4) is 0 Å². The number of fused-ring (bicyclic) bond motifs is 2. The fourth-order valence-electron chi connectivity index (χ4n) is 3.76. The summed E-state index contributed by atoms with van der Waals surface area (Å²) in [7, 11) is 0. The molecule has 0 aromatic heterocycles. The molecule has 1 saturated heterocycles. The van der Waals surface area contributed by atoms with E-state index in [0.717, 1.165) is 12.2 Å². The number of rotatable bonds is 4. The van der Waals surface area contributed by atoms with Crippen molar-refractivity contribution in [2.45, 2.75) is 44.4 Å². The number of piperidine rings is 1. The minimum atomic E-state index is 0.259. The zero-order valence-electron chi connectivity index (χ0n) is 12.5. The molecule has 3 rings (SSSR count). The molecule has 0 unspecified atom stereocenters. The van der Waals surface area contributed by atoms with Gasteiger partial charge in [0.25, 0.3) is 0 Å². The number of para-hydroxylation sites is 1. The average molecular weight is 274 g/mol. The molecule has 1 spiro atoms. The minimum absolute atomic E-state index is 0.259. The van der Waals surface area contributed by atoms with Crippen molar-refractivity contribution in [1.29, 1.82) is 0 Å². The summed E-state index contributed by atoms with van der Waals surface area (Å²) < 4.78 is 0. The number of likely N-dealkylation sites (tertiary alicyclic amines) is 1. The molecule has 20 heavy (non-hydrogen) atoms. The predicted molar refractivity (Wildman–Crippen MR) is 83.5 cm³/mol. The Bertz CT molecular complexity index is 464. The Hall–Kier alpha value is -1.22. The first kappa shape index (κ1) is 13.7. The monoisotopic (exact) mass is 274 g/mol. The smallest absolute Gasteiger partial charge is 0.138 e. The number of unbranched alkanes of at least 4 members (excludes halogenated alkanes) is 2. The number of hydrogen-bond donors (Lipinski definition) is 2. The van der Waals surface area contributed by atoms with Gasteiger partial charge in [0.05, 0.1) is 5.69 Å². The molecule has 2 aliphatic rings. The third kappa shape index (κ3) is 2.39. The maximum Gasteiger partial charge on any atom is 0.138 e. The van der Waals surface area contributed by atoms with E-state index in [2.05, 4.69) is 23.2 Å². The summed E-state index contributed by atoms with van der Waals surface area (Å²) in [5.41, 5.74) is 2.58.